The van der Waals surface area contributed by atoms with Crippen molar-refractivity contribution in [3.05, 3.63) is 65.5 Å². The highest BCUT2D eigenvalue weighted by atomic mass is 19.1. The van der Waals surface area contributed by atoms with Gasteiger partial charge in [0.1, 0.15) is 18.2 Å². The number of rotatable bonds is 6. The second-order valence-electron chi connectivity index (χ2n) is 4.30. The Balaban J connectivity index is 1.91. The molecule has 0 aliphatic heterocycles. The third kappa shape index (κ3) is 4.07. The van der Waals surface area contributed by atoms with Crippen molar-refractivity contribution < 1.29 is 9.13 Å². The van der Waals surface area contributed by atoms with E-state index in [4.69, 9.17) is 4.74 Å². The molecule has 0 spiro atoms. The SMILES string of the molecule is CCNCc1ccc(OCc2ccccc2F)cc1. The predicted molar refractivity (Wildman–Crippen MR) is 74.6 cm³/mol. The van der Waals surface area contributed by atoms with Gasteiger partial charge in [-0.15, -0.1) is 0 Å². The molecule has 0 amide bonds. The van der Waals surface area contributed by atoms with Crippen molar-refractivity contribution in [2.45, 2.75) is 20.1 Å². The molecular formula is C16H18FNO. The Labute approximate surface area is 113 Å². The van der Waals surface area contributed by atoms with Crippen molar-refractivity contribution in [1.82, 2.24) is 5.32 Å². The van der Waals surface area contributed by atoms with Crippen LogP contribution in [-0.2, 0) is 13.2 Å². The van der Waals surface area contributed by atoms with E-state index in [-0.39, 0.29) is 12.4 Å². The van der Waals surface area contributed by atoms with Crippen molar-refractivity contribution in [1.29, 1.82) is 0 Å². The fraction of sp³-hybridized carbons (Fsp3) is 0.250. The predicted octanol–water partition coefficient (Wildman–Crippen LogP) is 3.51. The van der Waals surface area contributed by atoms with Crippen LogP contribution in [0.5, 0.6) is 5.75 Å². The minimum absolute atomic E-state index is 0.230. The largest absolute Gasteiger partial charge is 0.489 e. The monoisotopic (exact) mass is 259 g/mol. The molecule has 0 aliphatic carbocycles. The molecule has 19 heavy (non-hydrogen) atoms. The number of hydrogen-bond donors (Lipinski definition) is 1. The van der Waals surface area contributed by atoms with Crippen LogP contribution in [0, 0.1) is 5.82 Å². The third-order valence-electron chi connectivity index (χ3n) is 2.85. The van der Waals surface area contributed by atoms with Crippen LogP contribution in [0.15, 0.2) is 48.5 Å². The van der Waals surface area contributed by atoms with Gasteiger partial charge in [-0.3, -0.25) is 0 Å². The summed E-state index contributed by atoms with van der Waals surface area (Å²) in [6, 6.07) is 14.5. The molecule has 0 aromatic heterocycles. The van der Waals surface area contributed by atoms with Gasteiger partial charge >= 0.3 is 0 Å². The Hall–Kier alpha value is -1.87. The van der Waals surface area contributed by atoms with Crippen LogP contribution in [-0.4, -0.2) is 6.54 Å². The van der Waals surface area contributed by atoms with E-state index in [0.717, 1.165) is 18.8 Å². The van der Waals surface area contributed by atoms with Gasteiger partial charge in [0, 0.05) is 12.1 Å². The molecular weight excluding hydrogens is 241 g/mol. The zero-order valence-electron chi connectivity index (χ0n) is 11.0. The van der Waals surface area contributed by atoms with Crippen LogP contribution in [0.3, 0.4) is 0 Å². The minimum atomic E-state index is -0.230. The maximum atomic E-state index is 13.4. The fourth-order valence-electron chi connectivity index (χ4n) is 1.75. The summed E-state index contributed by atoms with van der Waals surface area (Å²) in [6.45, 7) is 4.13. The Morgan fingerprint density at radius 3 is 2.47 bits per heavy atom. The van der Waals surface area contributed by atoms with E-state index in [1.165, 1.54) is 11.6 Å². The van der Waals surface area contributed by atoms with Crippen molar-refractivity contribution in [2.24, 2.45) is 0 Å². The summed E-state index contributed by atoms with van der Waals surface area (Å²) in [4.78, 5) is 0. The van der Waals surface area contributed by atoms with Crippen LogP contribution in [0.1, 0.15) is 18.1 Å². The lowest BCUT2D eigenvalue weighted by molar-refractivity contribution is 0.300. The van der Waals surface area contributed by atoms with Gasteiger partial charge in [-0.25, -0.2) is 4.39 Å². The second kappa shape index (κ2) is 6.90. The average molecular weight is 259 g/mol. The molecule has 2 rings (SSSR count). The van der Waals surface area contributed by atoms with Crippen LogP contribution in [0.4, 0.5) is 4.39 Å². The van der Waals surface area contributed by atoms with E-state index < -0.39 is 0 Å². The van der Waals surface area contributed by atoms with E-state index in [1.807, 2.05) is 24.3 Å². The van der Waals surface area contributed by atoms with Gasteiger partial charge in [0.2, 0.25) is 0 Å². The topological polar surface area (TPSA) is 21.3 Å². The van der Waals surface area contributed by atoms with Gasteiger partial charge < -0.3 is 10.1 Å². The smallest absolute Gasteiger partial charge is 0.129 e. The first kappa shape index (κ1) is 13.6. The highest BCUT2D eigenvalue weighted by molar-refractivity contribution is 5.27. The number of nitrogens with one attached hydrogen (secondary N) is 1. The normalized spacial score (nSPS) is 10.4. The van der Waals surface area contributed by atoms with Gasteiger partial charge in [-0.2, -0.15) is 0 Å². The highest BCUT2D eigenvalue weighted by Gasteiger charge is 2.01. The first-order valence-electron chi connectivity index (χ1n) is 6.45. The van der Waals surface area contributed by atoms with E-state index in [0.29, 0.717) is 5.56 Å². The Morgan fingerprint density at radius 2 is 1.79 bits per heavy atom. The molecule has 0 atom stereocenters. The molecule has 0 saturated carbocycles. The summed E-state index contributed by atoms with van der Waals surface area (Å²) < 4.78 is 19.0. The molecule has 0 bridgehead atoms. The maximum Gasteiger partial charge on any atom is 0.129 e. The van der Waals surface area contributed by atoms with Crippen molar-refractivity contribution >= 4 is 0 Å². The molecule has 2 aromatic rings. The van der Waals surface area contributed by atoms with E-state index in [9.17, 15) is 4.39 Å². The number of ether oxygens (including phenoxy) is 1. The molecule has 3 heteroatoms. The van der Waals surface area contributed by atoms with Crippen LogP contribution < -0.4 is 10.1 Å². The van der Waals surface area contributed by atoms with Gasteiger partial charge in [0.15, 0.2) is 0 Å². The standard InChI is InChI=1S/C16H18FNO/c1-2-18-11-13-7-9-15(10-8-13)19-12-14-5-3-4-6-16(14)17/h3-10,18H,2,11-12H2,1H3. The average Bonchev–Trinajstić information content (AvgIpc) is 2.45. The number of halogens is 1. The summed E-state index contributed by atoms with van der Waals surface area (Å²) >= 11 is 0. The Bertz CT molecular complexity index is 510. The molecule has 100 valence electrons. The first-order valence-corrected chi connectivity index (χ1v) is 6.45. The minimum Gasteiger partial charge on any atom is -0.489 e. The lowest BCUT2D eigenvalue weighted by Gasteiger charge is -2.08. The first-order chi connectivity index (χ1) is 9.29. The third-order valence-corrected chi connectivity index (χ3v) is 2.85. The number of benzene rings is 2. The van der Waals surface area contributed by atoms with Gasteiger partial charge in [0.25, 0.3) is 0 Å². The molecule has 2 nitrogen and oxygen atoms in total. The summed E-state index contributed by atoms with van der Waals surface area (Å²) in [7, 11) is 0. The quantitative estimate of drug-likeness (QED) is 0.857. The van der Waals surface area contributed by atoms with Crippen molar-refractivity contribution in [3.8, 4) is 5.75 Å². The Morgan fingerprint density at radius 1 is 1.05 bits per heavy atom. The maximum absolute atomic E-state index is 13.4. The molecule has 0 radical (unpaired) electrons. The summed E-state index contributed by atoms with van der Waals surface area (Å²) in [5.74, 6) is 0.523. The zero-order valence-corrected chi connectivity index (χ0v) is 11.0. The van der Waals surface area contributed by atoms with Crippen LogP contribution in [0.25, 0.3) is 0 Å². The molecule has 2 aromatic carbocycles. The van der Waals surface area contributed by atoms with Crippen molar-refractivity contribution in [3.63, 3.8) is 0 Å². The second-order valence-corrected chi connectivity index (χ2v) is 4.30. The van der Waals surface area contributed by atoms with Gasteiger partial charge in [0.05, 0.1) is 0 Å². The molecule has 0 saturated heterocycles. The van der Waals surface area contributed by atoms with Gasteiger partial charge in [-0.05, 0) is 30.3 Å². The van der Waals surface area contributed by atoms with Crippen molar-refractivity contribution in [2.75, 3.05) is 6.54 Å². The molecule has 0 unspecified atom stereocenters. The molecule has 0 aliphatic rings. The number of hydrogen-bond acceptors (Lipinski definition) is 2. The zero-order chi connectivity index (χ0) is 13.5. The van der Waals surface area contributed by atoms with Gasteiger partial charge in [-0.1, -0.05) is 37.3 Å². The lowest BCUT2D eigenvalue weighted by atomic mass is 10.2. The van der Waals surface area contributed by atoms with Crippen LogP contribution >= 0.6 is 0 Å². The highest BCUT2D eigenvalue weighted by Crippen LogP contribution is 2.15. The summed E-state index contributed by atoms with van der Waals surface area (Å²) in [6.07, 6.45) is 0. The molecule has 0 heterocycles. The van der Waals surface area contributed by atoms with Crippen LogP contribution in [0.2, 0.25) is 0 Å². The lowest BCUT2D eigenvalue weighted by Crippen LogP contribution is -2.11. The van der Waals surface area contributed by atoms with E-state index in [1.54, 1.807) is 18.2 Å². The Kier molecular flexibility index (Phi) is 4.93. The molecule has 0 fully saturated rings. The summed E-state index contributed by atoms with van der Waals surface area (Å²) in [5.41, 5.74) is 1.78. The summed E-state index contributed by atoms with van der Waals surface area (Å²) in [5, 5.41) is 3.26. The van der Waals surface area contributed by atoms with E-state index >= 15 is 0 Å². The molecule has 1 N–H and O–H groups in total. The fourth-order valence-corrected chi connectivity index (χ4v) is 1.75. The van der Waals surface area contributed by atoms with E-state index in [2.05, 4.69) is 12.2 Å².